The highest BCUT2D eigenvalue weighted by Gasteiger charge is 2.26. The van der Waals surface area contributed by atoms with Crippen LogP contribution >= 0.6 is 10.9 Å². The van der Waals surface area contributed by atoms with E-state index in [1.807, 2.05) is 42.5 Å². The molecule has 6 rings (SSSR count). The highest BCUT2D eigenvalue weighted by molar-refractivity contribution is 8.19. The van der Waals surface area contributed by atoms with E-state index in [0.29, 0.717) is 81.3 Å². The van der Waals surface area contributed by atoms with Crippen molar-refractivity contribution in [3.05, 3.63) is 132 Å². The van der Waals surface area contributed by atoms with Gasteiger partial charge in [0.2, 0.25) is 17.7 Å². The summed E-state index contributed by atoms with van der Waals surface area (Å²) in [6, 6.07) is 32.8. The minimum Gasteiger partial charge on any atom is -0.478 e. The number of tetrazole rings is 1. The van der Waals surface area contributed by atoms with Crippen molar-refractivity contribution in [1.29, 1.82) is 0 Å². The number of likely N-dealkylation sites (N-methyl/N-ethyl adjacent to an activating group) is 1. The molecule has 0 aliphatic heterocycles. The molecule has 0 spiro atoms. The Kier molecular flexibility index (Phi) is 18.9. The van der Waals surface area contributed by atoms with E-state index in [1.165, 1.54) is 37.7 Å². The van der Waals surface area contributed by atoms with Crippen molar-refractivity contribution in [2.75, 3.05) is 25.6 Å². The first-order valence-corrected chi connectivity index (χ1v) is 24.5. The normalized spacial score (nSPS) is 12.3. The van der Waals surface area contributed by atoms with Crippen molar-refractivity contribution in [3.63, 3.8) is 0 Å². The molecule has 69 heavy (non-hydrogen) atoms. The number of pyridine rings is 2. The summed E-state index contributed by atoms with van der Waals surface area (Å²) in [6.45, 7) is 5.75. The van der Waals surface area contributed by atoms with E-state index in [0.717, 1.165) is 41.6 Å². The number of carbonyl (C=O) groups is 3. The van der Waals surface area contributed by atoms with Gasteiger partial charge < -0.3 is 34.3 Å². The van der Waals surface area contributed by atoms with Gasteiger partial charge in [0.05, 0.1) is 35.5 Å². The fourth-order valence-corrected chi connectivity index (χ4v) is 8.01. The molecule has 3 heterocycles. The molecule has 7 N–H and O–H groups in total. The Labute approximate surface area is 404 Å². The third-order valence-electron chi connectivity index (χ3n) is 11.2. The summed E-state index contributed by atoms with van der Waals surface area (Å²) in [6.07, 6.45) is 8.50. The minimum atomic E-state index is -3.94. The smallest absolute Gasteiger partial charge is 0.253 e. The second-order valence-electron chi connectivity index (χ2n) is 17.0. The summed E-state index contributed by atoms with van der Waals surface area (Å²) in [7, 11) is -2.44. The highest BCUT2D eigenvalue weighted by Crippen LogP contribution is 2.44. The van der Waals surface area contributed by atoms with Crippen molar-refractivity contribution in [3.8, 4) is 28.3 Å². The lowest BCUT2D eigenvalue weighted by atomic mass is 9.86. The topological polar surface area (TPSA) is 251 Å². The number of hydrogen-bond donors (Lipinski definition) is 7. The van der Waals surface area contributed by atoms with Crippen LogP contribution in [0.2, 0.25) is 0 Å². The first-order valence-electron chi connectivity index (χ1n) is 23.0. The van der Waals surface area contributed by atoms with Gasteiger partial charge in [0.25, 0.3) is 5.91 Å². The zero-order valence-electron chi connectivity index (χ0n) is 39.1. The van der Waals surface area contributed by atoms with E-state index in [1.54, 1.807) is 23.0 Å². The lowest BCUT2D eigenvalue weighted by Crippen LogP contribution is -2.45. The Balaban J connectivity index is 0.844. The molecule has 3 aromatic carbocycles. The summed E-state index contributed by atoms with van der Waals surface area (Å²) in [5, 5.41) is 25.6. The minimum absolute atomic E-state index is 0.0655. The van der Waals surface area contributed by atoms with Crippen LogP contribution in [-0.2, 0) is 21.5 Å². The van der Waals surface area contributed by atoms with Crippen molar-refractivity contribution in [1.82, 2.24) is 46.1 Å². The van der Waals surface area contributed by atoms with E-state index in [-0.39, 0.29) is 27.7 Å². The predicted molar refractivity (Wildman–Crippen MR) is 267 cm³/mol. The number of hydrogen-bond acceptors (Lipinski definition) is 14. The molecule has 6 aromatic rings. The Morgan fingerprint density at radius 2 is 1.58 bits per heavy atom. The van der Waals surface area contributed by atoms with Gasteiger partial charge in [-0.15, -0.1) is 10.2 Å². The largest absolute Gasteiger partial charge is 0.478 e. The molecule has 364 valence electrons. The average Bonchev–Trinajstić information content (AvgIpc) is 3.85. The van der Waals surface area contributed by atoms with Crippen molar-refractivity contribution in [2.45, 2.75) is 94.5 Å². The number of aryl methyl sites for hydroxylation is 1. The molecule has 18 nitrogen and oxygen atoms in total. The van der Waals surface area contributed by atoms with Crippen molar-refractivity contribution in [2.24, 2.45) is 5.10 Å². The number of rotatable bonds is 26. The maximum atomic E-state index is 13.0. The number of nitrogens with zero attached hydrogens (tertiary/aromatic N) is 7. The molecular formula is C50H61N11O7S. The summed E-state index contributed by atoms with van der Waals surface area (Å²) in [5.74, 6) is 0.679. The second-order valence-corrected chi connectivity index (χ2v) is 18.5. The molecule has 19 heteroatoms. The summed E-state index contributed by atoms with van der Waals surface area (Å²) < 4.78 is 35.1. The van der Waals surface area contributed by atoms with Gasteiger partial charge in [0.1, 0.15) is 22.7 Å². The number of unbranched alkanes of at least 4 members (excludes halogenated alkanes) is 3. The first kappa shape index (κ1) is 51.3. The van der Waals surface area contributed by atoms with E-state index >= 15 is 0 Å². The summed E-state index contributed by atoms with van der Waals surface area (Å²) in [4.78, 5) is 48.7. The lowest BCUT2D eigenvalue weighted by Gasteiger charge is -2.20. The molecule has 3 amide bonds. The third-order valence-corrected chi connectivity index (χ3v) is 12.2. The zero-order valence-corrected chi connectivity index (χ0v) is 39.9. The monoisotopic (exact) mass is 959 g/mol. The highest BCUT2D eigenvalue weighted by atomic mass is 32.3. The average molecular weight is 960 g/mol. The van der Waals surface area contributed by atoms with E-state index in [2.05, 4.69) is 91.1 Å². The molecular weight excluding hydrogens is 899 g/mol. The number of benzene rings is 3. The number of amides is 3. The van der Waals surface area contributed by atoms with Crippen LogP contribution in [0.5, 0.6) is 5.88 Å². The first-order chi connectivity index (χ1) is 33.3. The number of nitrogens with one attached hydrogen (secondary N) is 4. The molecule has 3 aromatic heterocycles. The fraction of sp³-hybridized carbons (Fsp3) is 0.340. The number of carbonyl (C=O) groups excluding carboxylic acids is 3. The molecule has 0 fully saturated rings. The molecule has 0 aliphatic carbocycles. The molecule has 1 atom stereocenters. The standard InChI is InChI=1S/C50H61N11O7S/c1-50(2,28-14-17-31-68-46-33-40(36-18-6-4-7-19-36)32-42(55-46)37-20-8-5-9-21-37)49-58-60-61(59-49)30-16-13-25-45(62)52-29-15-12-23-41(48(64)51-3)56-47(63)39-26-27-44(53-34-39)57-54-35-38-22-10-11-24-43(38)69(65,66)67/h4-11,18-22,24,26-27,32-35,41,65-67H,12-17,23,25,28-31H2,1-3H3,(H,51,64)(H,52,62)(H,53,57)(H,56,63)/b54-35+. The number of anilines is 1. The Bertz CT molecular complexity index is 2550. The number of ether oxygens (including phenoxy) is 1. The molecule has 0 bridgehead atoms. The lowest BCUT2D eigenvalue weighted by molar-refractivity contribution is -0.123. The fourth-order valence-electron chi connectivity index (χ4n) is 7.31. The van der Waals surface area contributed by atoms with E-state index < -0.39 is 22.8 Å². The van der Waals surface area contributed by atoms with Gasteiger partial charge in [-0.25, -0.2) is 9.97 Å². The predicted octanol–water partition coefficient (Wildman–Crippen LogP) is 8.35. The Morgan fingerprint density at radius 3 is 2.30 bits per heavy atom. The Hall–Kier alpha value is -7.06. The van der Waals surface area contributed by atoms with E-state index in [9.17, 15) is 28.0 Å². The third kappa shape index (κ3) is 16.0. The van der Waals surface area contributed by atoms with Gasteiger partial charge in [0.15, 0.2) is 5.82 Å². The summed E-state index contributed by atoms with van der Waals surface area (Å²) in [5.41, 5.74) is 6.97. The molecule has 0 aliphatic rings. The number of hydrazone groups is 1. The van der Waals surface area contributed by atoms with Crippen LogP contribution in [0, 0.1) is 0 Å². The van der Waals surface area contributed by atoms with Crippen LogP contribution in [0.25, 0.3) is 22.4 Å². The maximum absolute atomic E-state index is 13.0. The van der Waals surface area contributed by atoms with Gasteiger partial charge in [0, 0.05) is 48.8 Å². The van der Waals surface area contributed by atoms with Crippen LogP contribution < -0.4 is 26.1 Å². The van der Waals surface area contributed by atoms with Crippen molar-refractivity contribution < 1.29 is 32.8 Å². The van der Waals surface area contributed by atoms with Crippen LogP contribution in [0.15, 0.2) is 125 Å². The van der Waals surface area contributed by atoms with Gasteiger partial charge in [-0.2, -0.15) is 9.90 Å². The van der Waals surface area contributed by atoms with Crippen LogP contribution in [0.1, 0.15) is 93.4 Å². The zero-order chi connectivity index (χ0) is 49.1. The molecule has 0 saturated heterocycles. The molecule has 0 radical (unpaired) electrons. The van der Waals surface area contributed by atoms with Gasteiger partial charge in [-0.3, -0.25) is 19.8 Å². The van der Waals surface area contributed by atoms with Gasteiger partial charge in [-0.1, -0.05) is 92.7 Å². The van der Waals surface area contributed by atoms with Gasteiger partial charge in [-0.05, 0) is 92.0 Å². The maximum Gasteiger partial charge on any atom is 0.253 e. The quantitative estimate of drug-likeness (QED) is 0.0154. The molecule has 1 unspecified atom stereocenters. The second kappa shape index (κ2) is 25.3. The SMILES string of the molecule is CNC(=O)C(CCCCNC(=O)CCCCn1nnc(C(C)(C)CCCCOc2cc(-c3ccccc3)cc(-c3ccccc3)n2)n1)NC(=O)c1ccc(N/N=C/c2ccccc2S(O)(O)O)nc1. The van der Waals surface area contributed by atoms with Crippen LogP contribution in [0.3, 0.4) is 0 Å². The summed E-state index contributed by atoms with van der Waals surface area (Å²) >= 11 is 0. The van der Waals surface area contributed by atoms with Crippen LogP contribution in [0.4, 0.5) is 5.82 Å². The Morgan fingerprint density at radius 1 is 0.841 bits per heavy atom. The van der Waals surface area contributed by atoms with Crippen molar-refractivity contribution >= 4 is 40.6 Å². The van der Waals surface area contributed by atoms with Crippen LogP contribution in [-0.4, -0.2) is 94.0 Å². The molecule has 0 saturated carbocycles. The number of aromatic nitrogens is 6. The van der Waals surface area contributed by atoms with E-state index in [4.69, 9.17) is 9.72 Å². The van der Waals surface area contributed by atoms with Gasteiger partial charge >= 0.3 is 0 Å².